The molecule has 0 unspecified atom stereocenters. The summed E-state index contributed by atoms with van der Waals surface area (Å²) in [4.78, 5) is 21.3. The molecule has 0 spiro atoms. The molecule has 0 atom stereocenters. The Labute approximate surface area is 100 Å². The van der Waals surface area contributed by atoms with E-state index in [9.17, 15) is 9.59 Å². The summed E-state index contributed by atoms with van der Waals surface area (Å²) in [6, 6.07) is 0. The minimum absolute atomic E-state index is 0.0185. The van der Waals surface area contributed by atoms with Crippen LogP contribution in [0, 0.1) is 0 Å². The molecule has 0 radical (unpaired) electrons. The van der Waals surface area contributed by atoms with Gasteiger partial charge >= 0.3 is 0 Å². The number of hydrogen-bond donors (Lipinski definition) is 2. The highest BCUT2D eigenvalue weighted by Gasteiger charge is 2.01. The SMILES string of the molecule is CCC(=O)NCCOC(=S)CCC(=O)S. The predicted molar refractivity (Wildman–Crippen MR) is 65.1 cm³/mol. The van der Waals surface area contributed by atoms with Crippen molar-refractivity contribution in [2.24, 2.45) is 0 Å². The molecule has 6 heteroatoms. The molecule has 15 heavy (non-hydrogen) atoms. The van der Waals surface area contributed by atoms with Crippen LogP contribution in [-0.2, 0) is 14.3 Å². The van der Waals surface area contributed by atoms with Crippen molar-refractivity contribution in [3.63, 3.8) is 0 Å². The van der Waals surface area contributed by atoms with Crippen molar-refractivity contribution in [1.82, 2.24) is 5.32 Å². The highest BCUT2D eigenvalue weighted by Crippen LogP contribution is 1.98. The molecule has 0 rings (SSSR count). The lowest BCUT2D eigenvalue weighted by Crippen LogP contribution is -2.26. The Morgan fingerprint density at radius 3 is 2.60 bits per heavy atom. The van der Waals surface area contributed by atoms with E-state index in [1.807, 2.05) is 0 Å². The first-order valence-electron chi connectivity index (χ1n) is 4.70. The monoisotopic (exact) mass is 249 g/mol. The molecule has 0 fully saturated rings. The lowest BCUT2D eigenvalue weighted by Gasteiger charge is -2.07. The topological polar surface area (TPSA) is 55.4 Å². The molecule has 0 aromatic rings. The summed E-state index contributed by atoms with van der Waals surface area (Å²) >= 11 is 8.47. The summed E-state index contributed by atoms with van der Waals surface area (Å²) in [5, 5.41) is 2.82. The molecule has 0 aliphatic rings. The molecule has 1 amide bonds. The zero-order valence-corrected chi connectivity index (χ0v) is 10.3. The number of rotatable bonds is 7. The van der Waals surface area contributed by atoms with Crippen LogP contribution < -0.4 is 5.32 Å². The first-order valence-corrected chi connectivity index (χ1v) is 5.56. The van der Waals surface area contributed by atoms with Gasteiger partial charge < -0.3 is 10.1 Å². The molecule has 0 aliphatic heterocycles. The van der Waals surface area contributed by atoms with E-state index in [1.165, 1.54) is 0 Å². The molecule has 0 bridgehead atoms. The van der Waals surface area contributed by atoms with Gasteiger partial charge in [-0.1, -0.05) is 6.92 Å². The van der Waals surface area contributed by atoms with Gasteiger partial charge in [0.1, 0.15) is 6.61 Å². The largest absolute Gasteiger partial charge is 0.485 e. The number of thiocarbonyl (C=S) groups is 1. The fourth-order valence-electron chi connectivity index (χ4n) is 0.761. The van der Waals surface area contributed by atoms with Gasteiger partial charge in [0.15, 0.2) is 10.2 Å². The van der Waals surface area contributed by atoms with Gasteiger partial charge in [-0.3, -0.25) is 9.59 Å². The number of amides is 1. The molecule has 4 nitrogen and oxygen atoms in total. The van der Waals surface area contributed by atoms with Crippen LogP contribution in [0.15, 0.2) is 0 Å². The molecule has 0 heterocycles. The van der Waals surface area contributed by atoms with E-state index in [0.29, 0.717) is 31.0 Å². The van der Waals surface area contributed by atoms with Crippen molar-refractivity contribution in [2.45, 2.75) is 26.2 Å². The minimum Gasteiger partial charge on any atom is -0.485 e. The van der Waals surface area contributed by atoms with Crippen LogP contribution in [0.2, 0.25) is 0 Å². The van der Waals surface area contributed by atoms with Crippen LogP contribution in [0.25, 0.3) is 0 Å². The third-order valence-electron chi connectivity index (χ3n) is 1.55. The Morgan fingerprint density at radius 2 is 2.07 bits per heavy atom. The third-order valence-corrected chi connectivity index (χ3v) is 2.10. The van der Waals surface area contributed by atoms with E-state index in [2.05, 4.69) is 17.9 Å². The van der Waals surface area contributed by atoms with Crippen LogP contribution in [0.5, 0.6) is 0 Å². The standard InChI is InChI=1S/C9H15NO3S2/c1-2-7(11)10-5-6-13-9(15)4-3-8(12)14/h2-6H2,1H3,(H,10,11)(H,12,14). The molecule has 0 aliphatic carbocycles. The van der Waals surface area contributed by atoms with Gasteiger partial charge in [-0.2, -0.15) is 0 Å². The summed E-state index contributed by atoms with van der Waals surface area (Å²) in [6.45, 7) is 2.55. The molecule has 0 saturated heterocycles. The first-order chi connectivity index (χ1) is 7.06. The van der Waals surface area contributed by atoms with Crippen molar-refractivity contribution in [1.29, 1.82) is 0 Å². The van der Waals surface area contributed by atoms with Crippen LogP contribution in [-0.4, -0.2) is 29.2 Å². The van der Waals surface area contributed by atoms with Crippen LogP contribution in [0.3, 0.4) is 0 Å². The molecule has 0 aromatic heterocycles. The second-order valence-corrected chi connectivity index (χ2v) is 3.77. The maximum atomic E-state index is 10.8. The lowest BCUT2D eigenvalue weighted by molar-refractivity contribution is -0.120. The zero-order chi connectivity index (χ0) is 11.7. The maximum absolute atomic E-state index is 10.8. The maximum Gasteiger partial charge on any atom is 0.219 e. The molecule has 1 N–H and O–H groups in total. The molecule has 0 saturated carbocycles. The Hall–Kier alpha value is -0.620. The summed E-state index contributed by atoms with van der Waals surface area (Å²) in [5.74, 6) is -0.0185. The molecule has 0 aromatic carbocycles. The fraction of sp³-hybridized carbons (Fsp3) is 0.667. The molecule has 86 valence electrons. The normalized spacial score (nSPS) is 9.47. The van der Waals surface area contributed by atoms with Crippen molar-refractivity contribution in [3.8, 4) is 0 Å². The second-order valence-electron chi connectivity index (χ2n) is 2.82. The number of thiol groups is 1. The number of nitrogens with one attached hydrogen (secondary N) is 1. The van der Waals surface area contributed by atoms with E-state index < -0.39 is 0 Å². The second kappa shape index (κ2) is 8.67. The smallest absolute Gasteiger partial charge is 0.219 e. The number of carbonyl (C=O) groups is 2. The highest BCUT2D eigenvalue weighted by molar-refractivity contribution is 7.96. The van der Waals surface area contributed by atoms with Crippen molar-refractivity contribution in [3.05, 3.63) is 0 Å². The number of carbonyl (C=O) groups excluding carboxylic acids is 2. The van der Waals surface area contributed by atoms with E-state index in [4.69, 9.17) is 17.0 Å². The highest BCUT2D eigenvalue weighted by atomic mass is 32.1. The quantitative estimate of drug-likeness (QED) is 0.403. The number of ether oxygens (including phenoxy) is 1. The Balaban J connectivity index is 3.39. The van der Waals surface area contributed by atoms with Gasteiger partial charge in [0.05, 0.1) is 6.54 Å². The Bertz CT molecular complexity index is 244. The van der Waals surface area contributed by atoms with Gasteiger partial charge in [0, 0.05) is 19.3 Å². The van der Waals surface area contributed by atoms with E-state index in [-0.39, 0.29) is 17.4 Å². The average molecular weight is 249 g/mol. The van der Waals surface area contributed by atoms with E-state index in [1.54, 1.807) is 6.92 Å². The predicted octanol–water partition coefficient (Wildman–Crippen LogP) is 1.09. The van der Waals surface area contributed by atoms with Crippen LogP contribution in [0.4, 0.5) is 0 Å². The summed E-state index contributed by atoms with van der Waals surface area (Å²) in [6.07, 6.45) is 1.14. The average Bonchev–Trinajstić information content (AvgIpc) is 2.21. The van der Waals surface area contributed by atoms with Gasteiger partial charge in [-0.15, -0.1) is 12.6 Å². The van der Waals surface area contributed by atoms with E-state index >= 15 is 0 Å². The van der Waals surface area contributed by atoms with Gasteiger partial charge in [0.25, 0.3) is 0 Å². The number of hydrogen-bond acceptors (Lipinski definition) is 4. The summed E-state index contributed by atoms with van der Waals surface area (Å²) in [5.41, 5.74) is 0. The first kappa shape index (κ1) is 14.4. The minimum atomic E-state index is -0.208. The van der Waals surface area contributed by atoms with Crippen LogP contribution >= 0.6 is 24.8 Å². The van der Waals surface area contributed by atoms with Crippen molar-refractivity contribution in [2.75, 3.05) is 13.2 Å². The Kier molecular flexibility index (Phi) is 8.31. The van der Waals surface area contributed by atoms with Crippen LogP contribution in [0.1, 0.15) is 26.2 Å². The van der Waals surface area contributed by atoms with Gasteiger partial charge in [0.2, 0.25) is 5.91 Å². The Morgan fingerprint density at radius 1 is 1.40 bits per heavy atom. The lowest BCUT2D eigenvalue weighted by atomic mass is 10.3. The molecular formula is C9H15NO3S2. The zero-order valence-electron chi connectivity index (χ0n) is 8.62. The summed E-state index contributed by atoms with van der Waals surface area (Å²) in [7, 11) is 0. The molecular weight excluding hydrogens is 234 g/mol. The van der Waals surface area contributed by atoms with E-state index in [0.717, 1.165) is 0 Å². The fourth-order valence-corrected chi connectivity index (χ4v) is 1.06. The third kappa shape index (κ3) is 9.68. The van der Waals surface area contributed by atoms with Gasteiger partial charge in [-0.25, -0.2) is 0 Å². The van der Waals surface area contributed by atoms with Crippen molar-refractivity contribution >= 4 is 40.9 Å². The summed E-state index contributed by atoms with van der Waals surface area (Å²) < 4.78 is 5.12. The van der Waals surface area contributed by atoms with Gasteiger partial charge in [-0.05, 0) is 12.2 Å². The van der Waals surface area contributed by atoms with Crippen molar-refractivity contribution < 1.29 is 14.3 Å².